The van der Waals surface area contributed by atoms with Gasteiger partial charge in [-0.05, 0) is 61.4 Å². The number of carboxylic acid groups (broad SMARTS) is 1. The number of furan rings is 2. The van der Waals surface area contributed by atoms with Gasteiger partial charge in [-0.3, -0.25) is 0 Å². The third-order valence-electron chi connectivity index (χ3n) is 8.26. The van der Waals surface area contributed by atoms with E-state index in [1.165, 1.54) is 6.42 Å². The summed E-state index contributed by atoms with van der Waals surface area (Å²) in [5.41, 5.74) is 0.00306. The SMILES string of the molecule is O=C([O-])[C@@]1(c2ccc(Br)cc2)[C@@H](c2ccc(Br)cc2)[N+](Cc2ccco2)=C(C2CCCCC2)N1Cc1ccco1. The molecule has 6 nitrogen and oxygen atoms in total. The highest BCUT2D eigenvalue weighted by Gasteiger charge is 2.64. The predicted molar refractivity (Wildman–Crippen MR) is 156 cm³/mol. The van der Waals surface area contributed by atoms with E-state index in [-0.39, 0.29) is 5.92 Å². The van der Waals surface area contributed by atoms with E-state index in [1.54, 1.807) is 12.5 Å². The molecule has 6 rings (SSSR count). The molecule has 4 aromatic rings. The molecule has 2 aromatic heterocycles. The fraction of sp³-hybridized carbons (Fsp3) is 0.312. The number of halogens is 2. The molecule has 0 bridgehead atoms. The van der Waals surface area contributed by atoms with Gasteiger partial charge in [0.15, 0.2) is 6.04 Å². The molecule has 1 fully saturated rings. The van der Waals surface area contributed by atoms with Crippen LogP contribution >= 0.6 is 31.9 Å². The zero-order chi connectivity index (χ0) is 27.7. The van der Waals surface area contributed by atoms with Crippen molar-refractivity contribution in [3.8, 4) is 0 Å². The largest absolute Gasteiger partial charge is 0.545 e. The van der Waals surface area contributed by atoms with Crippen LogP contribution in [0.1, 0.15) is 60.8 Å². The van der Waals surface area contributed by atoms with Crippen LogP contribution < -0.4 is 5.11 Å². The number of rotatable bonds is 8. The molecule has 1 saturated carbocycles. The Kier molecular flexibility index (Phi) is 7.73. The number of carboxylic acids is 1. The number of carbonyl (C=O) groups is 1. The minimum Gasteiger partial charge on any atom is -0.545 e. The molecule has 0 spiro atoms. The van der Waals surface area contributed by atoms with Gasteiger partial charge in [0, 0.05) is 20.1 Å². The quantitative estimate of drug-likeness (QED) is 0.194. The van der Waals surface area contributed by atoms with Gasteiger partial charge in [0.25, 0.3) is 5.84 Å². The van der Waals surface area contributed by atoms with E-state index in [9.17, 15) is 9.90 Å². The molecule has 0 saturated heterocycles. The molecule has 0 radical (unpaired) electrons. The van der Waals surface area contributed by atoms with Crippen LogP contribution in [-0.2, 0) is 23.4 Å². The normalized spacial score (nSPS) is 21.8. The molecular weight excluding hydrogens is 636 g/mol. The van der Waals surface area contributed by atoms with E-state index in [0.717, 1.165) is 51.8 Å². The number of carbonyl (C=O) groups excluding carboxylic acids is 1. The van der Waals surface area contributed by atoms with Gasteiger partial charge in [-0.1, -0.05) is 75.4 Å². The number of hydrogen-bond donors (Lipinski definition) is 0. The van der Waals surface area contributed by atoms with Crippen molar-refractivity contribution in [2.45, 2.75) is 56.8 Å². The van der Waals surface area contributed by atoms with Crippen LogP contribution in [0.15, 0.2) is 103 Å². The van der Waals surface area contributed by atoms with Crippen molar-refractivity contribution in [1.82, 2.24) is 4.90 Å². The van der Waals surface area contributed by atoms with Crippen LogP contribution in [0.5, 0.6) is 0 Å². The van der Waals surface area contributed by atoms with Crippen molar-refractivity contribution < 1.29 is 23.3 Å². The van der Waals surface area contributed by atoms with Crippen LogP contribution in [0, 0.1) is 5.92 Å². The molecule has 1 aliphatic carbocycles. The first-order chi connectivity index (χ1) is 19.5. The summed E-state index contributed by atoms with van der Waals surface area (Å²) in [6.07, 6.45) is 8.70. The van der Waals surface area contributed by atoms with Crippen molar-refractivity contribution in [2.75, 3.05) is 0 Å². The number of nitrogens with zero attached hydrogens (tertiary/aromatic N) is 2. The zero-order valence-corrected chi connectivity index (χ0v) is 25.1. The third-order valence-corrected chi connectivity index (χ3v) is 9.31. The van der Waals surface area contributed by atoms with Gasteiger partial charge in [-0.25, -0.2) is 9.48 Å². The van der Waals surface area contributed by atoms with Gasteiger partial charge in [0.05, 0.1) is 24.4 Å². The molecular formula is C32H30Br2N2O4. The molecule has 2 aromatic carbocycles. The first-order valence-corrected chi connectivity index (χ1v) is 15.3. The molecule has 0 N–H and O–H groups in total. The summed E-state index contributed by atoms with van der Waals surface area (Å²) in [6, 6.07) is 22.5. The van der Waals surface area contributed by atoms with Gasteiger partial charge < -0.3 is 18.7 Å². The monoisotopic (exact) mass is 664 g/mol. The zero-order valence-electron chi connectivity index (χ0n) is 22.0. The maximum Gasteiger partial charge on any atom is 0.252 e. The number of amidine groups is 1. The van der Waals surface area contributed by atoms with E-state index in [4.69, 9.17) is 8.83 Å². The van der Waals surface area contributed by atoms with Crippen molar-refractivity contribution >= 4 is 43.7 Å². The Bertz CT molecular complexity index is 1470. The van der Waals surface area contributed by atoms with Gasteiger partial charge in [0.1, 0.15) is 24.6 Å². The van der Waals surface area contributed by atoms with Crippen LogP contribution in [0.4, 0.5) is 0 Å². The minimum absolute atomic E-state index is 0.188. The molecule has 206 valence electrons. The van der Waals surface area contributed by atoms with E-state index < -0.39 is 17.6 Å². The van der Waals surface area contributed by atoms with E-state index >= 15 is 0 Å². The van der Waals surface area contributed by atoms with E-state index in [2.05, 4.69) is 41.3 Å². The molecule has 3 heterocycles. The molecule has 40 heavy (non-hydrogen) atoms. The van der Waals surface area contributed by atoms with Crippen LogP contribution in [0.2, 0.25) is 0 Å². The molecule has 1 aliphatic heterocycles. The minimum atomic E-state index is -1.54. The summed E-state index contributed by atoms with van der Waals surface area (Å²) in [7, 11) is 0. The Morgan fingerprint density at radius 2 is 1.48 bits per heavy atom. The highest BCUT2D eigenvalue weighted by Crippen LogP contribution is 2.51. The van der Waals surface area contributed by atoms with E-state index in [1.807, 2.05) is 72.8 Å². The molecule has 8 heteroatoms. The Hall–Kier alpha value is -3.10. The van der Waals surface area contributed by atoms with Crippen molar-refractivity contribution in [3.05, 3.63) is 117 Å². The number of hydrogen-bond acceptors (Lipinski definition) is 5. The van der Waals surface area contributed by atoms with E-state index in [0.29, 0.717) is 24.4 Å². The van der Waals surface area contributed by atoms with Gasteiger partial charge >= 0.3 is 0 Å². The van der Waals surface area contributed by atoms with Crippen molar-refractivity contribution in [1.29, 1.82) is 0 Å². The van der Waals surface area contributed by atoms with Crippen molar-refractivity contribution in [3.63, 3.8) is 0 Å². The lowest BCUT2D eigenvalue weighted by Crippen LogP contribution is -2.59. The maximum absolute atomic E-state index is 13.9. The highest BCUT2D eigenvalue weighted by atomic mass is 79.9. The van der Waals surface area contributed by atoms with Crippen LogP contribution in [-0.4, -0.2) is 21.3 Å². The molecule has 0 amide bonds. The number of benzene rings is 2. The Morgan fingerprint density at radius 1 is 0.875 bits per heavy atom. The van der Waals surface area contributed by atoms with Gasteiger partial charge in [-0.2, -0.15) is 0 Å². The summed E-state index contributed by atoms with van der Waals surface area (Å²) in [5, 5.41) is 13.9. The number of aliphatic carboxylic acids is 1. The average molecular weight is 666 g/mol. The lowest BCUT2D eigenvalue weighted by atomic mass is 9.78. The first kappa shape index (κ1) is 27.1. The smallest absolute Gasteiger partial charge is 0.252 e. The molecule has 0 unspecified atom stereocenters. The fourth-order valence-corrected chi connectivity index (χ4v) is 7.12. The molecule has 2 atom stereocenters. The second kappa shape index (κ2) is 11.4. The summed E-state index contributed by atoms with van der Waals surface area (Å²) < 4.78 is 15.8. The van der Waals surface area contributed by atoms with Crippen LogP contribution in [0.3, 0.4) is 0 Å². The third kappa shape index (κ3) is 4.85. The Labute approximate surface area is 250 Å². The Morgan fingerprint density at radius 3 is 2.05 bits per heavy atom. The topological polar surface area (TPSA) is 72.7 Å². The summed E-state index contributed by atoms with van der Waals surface area (Å²) in [4.78, 5) is 16.0. The van der Waals surface area contributed by atoms with Gasteiger partial charge in [0.2, 0.25) is 5.54 Å². The lowest BCUT2D eigenvalue weighted by molar-refractivity contribution is -0.591. The Balaban J connectivity index is 1.67. The lowest BCUT2D eigenvalue weighted by Gasteiger charge is -2.39. The van der Waals surface area contributed by atoms with Crippen molar-refractivity contribution in [2.24, 2.45) is 5.92 Å². The van der Waals surface area contributed by atoms with Gasteiger partial charge in [-0.15, -0.1) is 0 Å². The fourth-order valence-electron chi connectivity index (χ4n) is 6.59. The van der Waals surface area contributed by atoms with Crippen LogP contribution in [0.25, 0.3) is 0 Å². The summed E-state index contributed by atoms with van der Waals surface area (Å²) >= 11 is 7.11. The maximum atomic E-state index is 13.9. The molecule has 2 aliphatic rings. The second-order valence-corrected chi connectivity index (χ2v) is 12.4. The second-order valence-electron chi connectivity index (χ2n) is 10.6. The average Bonchev–Trinajstić information content (AvgIpc) is 3.72. The standard InChI is InChI=1S/C32H30Br2N2O4/c33-25-14-10-22(11-15-25)29-32(31(37)38,24-12-16-26(34)17-13-24)36(21-28-9-5-19-40-28)30(23-6-2-1-3-7-23)35(29)20-27-8-4-18-39-27/h4-5,8-19,23,29H,1-3,6-7,20-21H2/t29-,32-/m1/s1. The first-order valence-electron chi connectivity index (χ1n) is 13.7. The predicted octanol–water partition coefficient (Wildman–Crippen LogP) is 6.79. The highest BCUT2D eigenvalue weighted by molar-refractivity contribution is 9.10. The summed E-state index contributed by atoms with van der Waals surface area (Å²) in [6.45, 7) is 0.727. The summed E-state index contributed by atoms with van der Waals surface area (Å²) in [5.74, 6) is 1.52.